The number of thiazole rings is 1. The van der Waals surface area contributed by atoms with Crippen LogP contribution in [0.3, 0.4) is 0 Å². The predicted octanol–water partition coefficient (Wildman–Crippen LogP) is 1.81. The van der Waals surface area contributed by atoms with Gasteiger partial charge in [0.05, 0.1) is 34.8 Å². The first-order valence-corrected chi connectivity index (χ1v) is 12.8. The molecule has 2 aromatic rings. The van der Waals surface area contributed by atoms with Gasteiger partial charge in [-0.25, -0.2) is 4.98 Å². The number of carbonyl (C=O) groups is 2. The van der Waals surface area contributed by atoms with E-state index in [4.69, 9.17) is 0 Å². The Balaban J connectivity index is 1.57. The number of benzene rings is 1. The summed E-state index contributed by atoms with van der Waals surface area (Å²) >= 11 is 1.44. The van der Waals surface area contributed by atoms with Gasteiger partial charge < -0.3 is 5.32 Å². The van der Waals surface area contributed by atoms with E-state index in [0.29, 0.717) is 18.1 Å². The molecule has 2 aliphatic heterocycles. The monoisotopic (exact) mass is 479 g/mol. The molecule has 0 spiro atoms. The van der Waals surface area contributed by atoms with Gasteiger partial charge in [-0.2, -0.15) is 17.0 Å². The van der Waals surface area contributed by atoms with E-state index in [1.54, 1.807) is 11.8 Å². The molecule has 174 valence electrons. The van der Waals surface area contributed by atoms with E-state index in [1.165, 1.54) is 22.7 Å². The summed E-state index contributed by atoms with van der Waals surface area (Å²) in [6.07, 6.45) is 0.526. The van der Waals surface area contributed by atoms with Crippen molar-refractivity contribution in [1.29, 1.82) is 0 Å². The van der Waals surface area contributed by atoms with Crippen molar-refractivity contribution in [2.75, 3.05) is 25.0 Å². The molecule has 3 heterocycles. The topological polar surface area (TPSA) is 103 Å². The summed E-state index contributed by atoms with van der Waals surface area (Å²) in [7, 11) is -2.52. The maximum absolute atomic E-state index is 13.3. The second-order valence-corrected chi connectivity index (χ2v) is 12.5. The molecule has 2 saturated heterocycles. The fraction of sp³-hybridized carbons (Fsp3) is 0.571. The minimum atomic E-state index is -3.92. The van der Waals surface area contributed by atoms with Gasteiger partial charge in [-0.15, -0.1) is 0 Å². The number of aromatic nitrogens is 1. The van der Waals surface area contributed by atoms with Gasteiger partial charge in [0.2, 0.25) is 11.8 Å². The fourth-order valence-corrected chi connectivity index (χ4v) is 7.19. The van der Waals surface area contributed by atoms with Crippen LogP contribution in [0.25, 0.3) is 10.2 Å². The molecule has 1 aromatic carbocycles. The Bertz CT molecular complexity index is 1120. The number of amides is 2. The molecule has 11 heteroatoms. The maximum atomic E-state index is 13.3. The zero-order valence-corrected chi connectivity index (χ0v) is 20.5. The van der Waals surface area contributed by atoms with Gasteiger partial charge in [0.1, 0.15) is 0 Å². The van der Waals surface area contributed by atoms with Gasteiger partial charge >= 0.3 is 0 Å². The lowest BCUT2D eigenvalue weighted by Gasteiger charge is -2.30. The van der Waals surface area contributed by atoms with Crippen LogP contribution in [0.1, 0.15) is 34.1 Å². The lowest BCUT2D eigenvalue weighted by molar-refractivity contribution is -0.123. The van der Waals surface area contributed by atoms with Crippen LogP contribution in [0.5, 0.6) is 0 Å². The molecule has 0 bridgehead atoms. The summed E-state index contributed by atoms with van der Waals surface area (Å²) in [4.78, 5) is 31.8. The van der Waals surface area contributed by atoms with Crippen LogP contribution in [0.2, 0.25) is 0 Å². The van der Waals surface area contributed by atoms with Gasteiger partial charge in [0.25, 0.3) is 10.2 Å². The smallest absolute Gasteiger partial charge is 0.282 e. The van der Waals surface area contributed by atoms with Crippen molar-refractivity contribution in [3.05, 3.63) is 24.3 Å². The molecule has 2 aliphatic rings. The highest BCUT2D eigenvalue weighted by atomic mass is 32.2. The second kappa shape index (κ2) is 8.05. The number of likely N-dealkylation sites (N-methyl/N-ethyl adjacent to an activating group) is 1. The van der Waals surface area contributed by atoms with E-state index >= 15 is 0 Å². The molecule has 3 atom stereocenters. The zero-order valence-electron chi connectivity index (χ0n) is 18.9. The normalized spacial score (nSPS) is 24.5. The second-order valence-electron chi connectivity index (χ2n) is 9.48. The largest absolute Gasteiger partial charge is 0.350 e. The van der Waals surface area contributed by atoms with Crippen LogP contribution in [-0.4, -0.2) is 71.6 Å². The number of hydrogen-bond acceptors (Lipinski definition) is 6. The number of para-hydroxylation sites is 1. The van der Waals surface area contributed by atoms with Gasteiger partial charge in [-0.05, 0) is 39.3 Å². The van der Waals surface area contributed by atoms with Crippen molar-refractivity contribution in [2.24, 2.45) is 5.92 Å². The van der Waals surface area contributed by atoms with Gasteiger partial charge in [-0.1, -0.05) is 30.4 Å². The average Bonchev–Trinajstić information content (AvgIpc) is 3.35. The standard InChI is InChI=1S/C21H29N5O4S2/c1-13-18-15(26(19(13)28)20-22-14-8-6-7-9-16(14)31-20)10-11-25(18)32(29,30)24(5)12-17(27)23-21(2,3)4/h6-9,13,15,18H,10-12H2,1-5H3,(H,23,27)/t13-,15-,18+/m0/s1. The summed E-state index contributed by atoms with van der Waals surface area (Å²) < 4.78 is 30.1. The molecular formula is C21H29N5O4S2. The Morgan fingerprint density at radius 2 is 2.00 bits per heavy atom. The van der Waals surface area contributed by atoms with Crippen molar-refractivity contribution in [2.45, 2.75) is 51.7 Å². The molecule has 32 heavy (non-hydrogen) atoms. The summed E-state index contributed by atoms with van der Waals surface area (Å²) in [5.41, 5.74) is 0.369. The highest BCUT2D eigenvalue weighted by molar-refractivity contribution is 7.86. The molecular weight excluding hydrogens is 450 g/mol. The number of carbonyl (C=O) groups excluding carboxylic acids is 2. The van der Waals surface area contributed by atoms with E-state index in [2.05, 4.69) is 10.3 Å². The molecule has 9 nitrogen and oxygen atoms in total. The quantitative estimate of drug-likeness (QED) is 0.705. The van der Waals surface area contributed by atoms with E-state index in [1.807, 2.05) is 45.0 Å². The van der Waals surface area contributed by atoms with Crippen LogP contribution in [0.4, 0.5) is 5.13 Å². The molecule has 1 aromatic heterocycles. The summed E-state index contributed by atoms with van der Waals surface area (Å²) in [6, 6.07) is 6.92. The number of anilines is 1. The third kappa shape index (κ3) is 4.02. The highest BCUT2D eigenvalue weighted by Crippen LogP contribution is 2.42. The zero-order chi connectivity index (χ0) is 23.4. The molecule has 1 N–H and O–H groups in total. The van der Waals surface area contributed by atoms with Crippen molar-refractivity contribution in [3.63, 3.8) is 0 Å². The third-order valence-electron chi connectivity index (χ3n) is 5.90. The first kappa shape index (κ1) is 23.1. The minimum absolute atomic E-state index is 0.118. The molecule has 2 fully saturated rings. The number of fused-ring (bicyclic) bond motifs is 2. The van der Waals surface area contributed by atoms with E-state index in [0.717, 1.165) is 14.5 Å². The van der Waals surface area contributed by atoms with Crippen molar-refractivity contribution in [1.82, 2.24) is 18.9 Å². The Morgan fingerprint density at radius 3 is 2.66 bits per heavy atom. The van der Waals surface area contributed by atoms with E-state index in [9.17, 15) is 18.0 Å². The molecule has 0 saturated carbocycles. The van der Waals surface area contributed by atoms with Crippen molar-refractivity contribution >= 4 is 48.7 Å². The lowest BCUT2D eigenvalue weighted by atomic mass is 10.0. The Morgan fingerprint density at radius 1 is 1.31 bits per heavy atom. The number of rotatable bonds is 5. The molecule has 0 aliphatic carbocycles. The van der Waals surface area contributed by atoms with Crippen LogP contribution in [0.15, 0.2) is 24.3 Å². The molecule has 0 unspecified atom stereocenters. The predicted molar refractivity (Wildman–Crippen MR) is 125 cm³/mol. The summed E-state index contributed by atoms with van der Waals surface area (Å²) in [5.74, 6) is -0.987. The molecule has 2 amide bonds. The molecule has 0 radical (unpaired) electrons. The Labute approximate surface area is 192 Å². The highest BCUT2D eigenvalue weighted by Gasteiger charge is 2.56. The Kier molecular flexibility index (Phi) is 5.81. The molecule has 4 rings (SSSR count). The maximum Gasteiger partial charge on any atom is 0.282 e. The number of nitrogens with one attached hydrogen (secondary N) is 1. The summed E-state index contributed by atoms with van der Waals surface area (Å²) in [6.45, 7) is 7.31. The lowest BCUT2D eigenvalue weighted by Crippen LogP contribution is -2.51. The van der Waals surface area contributed by atoms with Crippen molar-refractivity contribution in [3.8, 4) is 0 Å². The number of nitrogens with zero attached hydrogens (tertiary/aromatic N) is 4. The van der Waals surface area contributed by atoms with Gasteiger partial charge in [0, 0.05) is 19.1 Å². The van der Waals surface area contributed by atoms with E-state index in [-0.39, 0.29) is 24.4 Å². The Hall–Kier alpha value is -2.08. The fourth-order valence-electron chi connectivity index (χ4n) is 4.55. The van der Waals surface area contributed by atoms with Crippen molar-refractivity contribution < 1.29 is 18.0 Å². The average molecular weight is 480 g/mol. The first-order valence-electron chi connectivity index (χ1n) is 10.6. The van der Waals surface area contributed by atoms with Gasteiger partial charge in [-0.3, -0.25) is 14.5 Å². The van der Waals surface area contributed by atoms with Crippen LogP contribution in [0, 0.1) is 5.92 Å². The SMILES string of the molecule is C[C@@H]1C(=O)N(c2nc3ccccc3s2)[C@H]2CCN(S(=O)(=O)N(C)CC(=O)NC(C)(C)C)[C@H]12. The first-order chi connectivity index (χ1) is 14.9. The van der Waals surface area contributed by atoms with E-state index < -0.39 is 27.7 Å². The third-order valence-corrected chi connectivity index (χ3v) is 8.87. The number of hydrogen-bond donors (Lipinski definition) is 1. The van der Waals surface area contributed by atoms with Crippen LogP contribution in [-0.2, 0) is 19.8 Å². The van der Waals surface area contributed by atoms with Crippen LogP contribution < -0.4 is 10.2 Å². The van der Waals surface area contributed by atoms with Crippen LogP contribution >= 0.6 is 11.3 Å². The van der Waals surface area contributed by atoms with Gasteiger partial charge in [0.15, 0.2) is 5.13 Å². The summed E-state index contributed by atoms with van der Waals surface area (Å²) in [5, 5.41) is 3.39. The minimum Gasteiger partial charge on any atom is -0.350 e.